The van der Waals surface area contributed by atoms with Gasteiger partial charge in [0.25, 0.3) is 5.91 Å². The lowest BCUT2D eigenvalue weighted by Gasteiger charge is -2.30. The molecule has 40 heavy (non-hydrogen) atoms. The normalized spacial score (nSPS) is 17.8. The number of oxime groups is 1. The number of fused-ring (bicyclic) bond motifs is 1. The van der Waals surface area contributed by atoms with Gasteiger partial charge in [-0.05, 0) is 61.7 Å². The number of rotatable bonds is 13. The molecule has 0 radical (unpaired) electrons. The van der Waals surface area contributed by atoms with Gasteiger partial charge in [-0.1, -0.05) is 41.6 Å². The minimum Gasteiger partial charge on any atom is -0.492 e. The number of carbonyl (C=O) groups excluding carboxylic acids is 2. The van der Waals surface area contributed by atoms with Crippen molar-refractivity contribution in [1.82, 2.24) is 0 Å². The highest BCUT2D eigenvalue weighted by atomic mass is 16.6. The zero-order valence-corrected chi connectivity index (χ0v) is 23.2. The van der Waals surface area contributed by atoms with Crippen LogP contribution in [0.5, 0.6) is 11.5 Å². The van der Waals surface area contributed by atoms with E-state index in [0.717, 1.165) is 22.5 Å². The van der Waals surface area contributed by atoms with Gasteiger partial charge in [0.05, 0.1) is 24.6 Å². The van der Waals surface area contributed by atoms with E-state index in [-0.39, 0.29) is 24.4 Å². The molecule has 2 atom stereocenters. The van der Waals surface area contributed by atoms with Crippen LogP contribution < -0.4 is 14.4 Å². The third-order valence-electron chi connectivity index (χ3n) is 6.57. The summed E-state index contributed by atoms with van der Waals surface area (Å²) in [6.07, 6.45) is 8.44. The molecule has 0 fully saturated rings. The van der Waals surface area contributed by atoms with Crippen molar-refractivity contribution in [1.29, 1.82) is 0 Å². The summed E-state index contributed by atoms with van der Waals surface area (Å²) in [5.41, 5.74) is 3.57. The van der Waals surface area contributed by atoms with Crippen LogP contribution in [0.25, 0.3) is 0 Å². The van der Waals surface area contributed by atoms with Crippen LogP contribution in [0.3, 0.4) is 0 Å². The summed E-state index contributed by atoms with van der Waals surface area (Å²) in [6.45, 7) is 5.03. The summed E-state index contributed by atoms with van der Waals surface area (Å²) < 4.78 is 22.3. The number of anilines is 1. The van der Waals surface area contributed by atoms with Crippen LogP contribution in [0.4, 0.5) is 5.69 Å². The number of hydrogen-bond donors (Lipinski definition) is 0. The molecule has 1 aliphatic heterocycles. The Balaban J connectivity index is 1.37. The van der Waals surface area contributed by atoms with Crippen molar-refractivity contribution in [3.05, 3.63) is 77.9 Å². The van der Waals surface area contributed by atoms with Crippen molar-refractivity contribution in [2.45, 2.75) is 32.8 Å². The number of carbonyl (C=O) groups is 2. The summed E-state index contributed by atoms with van der Waals surface area (Å²) in [6, 6.07) is 13.4. The Bertz CT molecular complexity index is 1250. The van der Waals surface area contributed by atoms with E-state index in [1.807, 2.05) is 67.6 Å². The molecule has 0 saturated carbocycles. The number of ether oxygens (including phenoxy) is 4. The molecule has 1 heterocycles. The Hall–Kier alpha value is -4.11. The van der Waals surface area contributed by atoms with Gasteiger partial charge in [0.15, 0.2) is 12.7 Å². The fourth-order valence-electron chi connectivity index (χ4n) is 4.66. The van der Waals surface area contributed by atoms with Crippen molar-refractivity contribution in [2.24, 2.45) is 11.1 Å². The SMILES string of the molecule is CCOC(=O)C(Cc1ccc(OCCN2C(=O)COc3ccc(CC4C=CC=CC4=NOC)cc32)cc1)OCC. The molecule has 0 bridgehead atoms. The smallest absolute Gasteiger partial charge is 0.335 e. The van der Waals surface area contributed by atoms with Crippen molar-refractivity contribution in [2.75, 3.05) is 45.0 Å². The molecule has 1 amide bonds. The van der Waals surface area contributed by atoms with Crippen LogP contribution in [0.2, 0.25) is 0 Å². The lowest BCUT2D eigenvalue weighted by atomic mass is 9.91. The van der Waals surface area contributed by atoms with Gasteiger partial charge in [0.1, 0.15) is 25.2 Å². The van der Waals surface area contributed by atoms with E-state index in [4.69, 9.17) is 23.8 Å². The first-order chi connectivity index (χ1) is 19.5. The summed E-state index contributed by atoms with van der Waals surface area (Å²) in [5, 5.41) is 4.13. The molecule has 0 spiro atoms. The molecule has 2 unspecified atom stereocenters. The van der Waals surface area contributed by atoms with Crippen LogP contribution in [0, 0.1) is 5.92 Å². The minimum absolute atomic E-state index is 0.0106. The van der Waals surface area contributed by atoms with Gasteiger partial charge in [-0.15, -0.1) is 0 Å². The number of benzene rings is 2. The number of allylic oxidation sites excluding steroid dienone is 4. The molecule has 2 aromatic carbocycles. The number of esters is 1. The van der Waals surface area contributed by atoms with Crippen molar-refractivity contribution >= 4 is 23.3 Å². The molecule has 0 N–H and O–H groups in total. The second-order valence-electron chi connectivity index (χ2n) is 9.28. The minimum atomic E-state index is -0.640. The van der Waals surface area contributed by atoms with Gasteiger partial charge < -0.3 is 28.7 Å². The Kier molecular flexibility index (Phi) is 10.3. The Morgan fingerprint density at radius 3 is 2.65 bits per heavy atom. The summed E-state index contributed by atoms with van der Waals surface area (Å²) in [4.78, 5) is 31.6. The van der Waals surface area contributed by atoms with E-state index in [2.05, 4.69) is 11.2 Å². The maximum Gasteiger partial charge on any atom is 0.335 e. The largest absolute Gasteiger partial charge is 0.492 e. The molecular weight excluding hydrogens is 512 g/mol. The zero-order chi connectivity index (χ0) is 28.3. The van der Waals surface area contributed by atoms with E-state index >= 15 is 0 Å². The van der Waals surface area contributed by atoms with Crippen LogP contribution in [0.1, 0.15) is 25.0 Å². The molecule has 9 nitrogen and oxygen atoms in total. The lowest BCUT2D eigenvalue weighted by Crippen LogP contribution is -2.41. The molecule has 1 aliphatic carbocycles. The van der Waals surface area contributed by atoms with E-state index in [0.29, 0.717) is 50.7 Å². The first-order valence-electron chi connectivity index (χ1n) is 13.5. The third kappa shape index (κ3) is 7.51. The van der Waals surface area contributed by atoms with E-state index < -0.39 is 6.10 Å². The molecule has 0 aromatic heterocycles. The van der Waals surface area contributed by atoms with E-state index in [1.54, 1.807) is 11.8 Å². The molecule has 0 saturated heterocycles. The summed E-state index contributed by atoms with van der Waals surface area (Å²) >= 11 is 0. The van der Waals surface area contributed by atoms with Crippen LogP contribution >= 0.6 is 0 Å². The van der Waals surface area contributed by atoms with Gasteiger partial charge >= 0.3 is 5.97 Å². The quantitative estimate of drug-likeness (QED) is 0.272. The van der Waals surface area contributed by atoms with Crippen LogP contribution in [-0.2, 0) is 36.7 Å². The van der Waals surface area contributed by atoms with Gasteiger partial charge in [-0.3, -0.25) is 4.79 Å². The molecule has 9 heteroatoms. The predicted octanol–water partition coefficient (Wildman–Crippen LogP) is 4.29. The van der Waals surface area contributed by atoms with Gasteiger partial charge in [0, 0.05) is 18.9 Å². The number of amides is 1. The van der Waals surface area contributed by atoms with Gasteiger partial charge in [0.2, 0.25) is 0 Å². The van der Waals surface area contributed by atoms with E-state index in [9.17, 15) is 9.59 Å². The average Bonchev–Trinajstić information content (AvgIpc) is 2.96. The summed E-state index contributed by atoms with van der Waals surface area (Å²) in [7, 11) is 1.54. The fourth-order valence-corrected chi connectivity index (χ4v) is 4.66. The number of hydrogen-bond acceptors (Lipinski definition) is 8. The zero-order valence-electron chi connectivity index (χ0n) is 23.2. The van der Waals surface area contributed by atoms with Crippen molar-refractivity contribution in [3.63, 3.8) is 0 Å². The maximum atomic E-state index is 12.8. The lowest BCUT2D eigenvalue weighted by molar-refractivity contribution is -0.156. The average molecular weight is 549 g/mol. The Labute approximate surface area is 235 Å². The Morgan fingerprint density at radius 2 is 1.90 bits per heavy atom. The Morgan fingerprint density at radius 1 is 1.10 bits per heavy atom. The second kappa shape index (κ2) is 14.3. The van der Waals surface area contributed by atoms with Gasteiger partial charge in [-0.25, -0.2) is 4.79 Å². The van der Waals surface area contributed by atoms with Crippen LogP contribution in [0.15, 0.2) is 71.9 Å². The molecular formula is C31H36N2O7. The highest BCUT2D eigenvalue weighted by molar-refractivity contribution is 5.99. The maximum absolute atomic E-state index is 12.8. The third-order valence-corrected chi connectivity index (χ3v) is 6.57. The first-order valence-corrected chi connectivity index (χ1v) is 13.5. The van der Waals surface area contributed by atoms with Crippen molar-refractivity contribution < 1.29 is 33.4 Å². The highest BCUT2D eigenvalue weighted by Crippen LogP contribution is 2.34. The van der Waals surface area contributed by atoms with Crippen LogP contribution in [-0.4, -0.2) is 63.8 Å². The molecule has 2 aromatic rings. The molecule has 212 valence electrons. The highest BCUT2D eigenvalue weighted by Gasteiger charge is 2.26. The first kappa shape index (κ1) is 28.9. The monoisotopic (exact) mass is 548 g/mol. The van der Waals surface area contributed by atoms with Gasteiger partial charge in [-0.2, -0.15) is 0 Å². The van der Waals surface area contributed by atoms with Crippen molar-refractivity contribution in [3.8, 4) is 11.5 Å². The number of nitrogens with zero attached hydrogens (tertiary/aromatic N) is 2. The van der Waals surface area contributed by atoms with E-state index in [1.165, 1.54) is 7.11 Å². The summed E-state index contributed by atoms with van der Waals surface area (Å²) in [5.74, 6) is 0.933. The standard InChI is InChI=1S/C31H36N2O7/c1-4-37-29(31(35)38-5-2)20-22-10-13-25(14-11-22)39-17-16-33-27-19-23(12-15-28(27)40-21-30(33)34)18-24-8-6-7-9-26(24)32-36-3/h6-15,19,24,29H,4-5,16-18,20-21H2,1-3H3. The topological polar surface area (TPSA) is 95.9 Å². The molecule has 4 rings (SSSR count). The molecule has 2 aliphatic rings. The predicted molar refractivity (Wildman–Crippen MR) is 152 cm³/mol. The second-order valence-corrected chi connectivity index (χ2v) is 9.28. The fraction of sp³-hybridized carbons (Fsp3) is 0.387.